The zero-order valence-electron chi connectivity index (χ0n) is 18.6. The second kappa shape index (κ2) is 9.58. The van der Waals surface area contributed by atoms with E-state index in [0.717, 1.165) is 22.3 Å². The van der Waals surface area contributed by atoms with Crippen LogP contribution in [0.3, 0.4) is 0 Å². The maximum Gasteiger partial charge on any atom is 0.411 e. The Bertz CT molecular complexity index is 1090. The molecule has 33 heavy (non-hydrogen) atoms. The molecule has 6 nitrogen and oxygen atoms in total. The van der Waals surface area contributed by atoms with Gasteiger partial charge in [-0.05, 0) is 60.7 Å². The van der Waals surface area contributed by atoms with Gasteiger partial charge in [0.1, 0.15) is 17.2 Å². The largest absolute Gasteiger partial charge is 0.438 e. The zero-order chi connectivity index (χ0) is 23.4. The van der Waals surface area contributed by atoms with Crippen LogP contribution < -0.4 is 5.73 Å². The van der Waals surface area contributed by atoms with Crippen LogP contribution in [0.4, 0.5) is 15.0 Å². The van der Waals surface area contributed by atoms with Gasteiger partial charge in [-0.3, -0.25) is 0 Å². The fourth-order valence-corrected chi connectivity index (χ4v) is 4.37. The van der Waals surface area contributed by atoms with Crippen molar-refractivity contribution in [2.75, 3.05) is 18.9 Å². The van der Waals surface area contributed by atoms with Crippen LogP contribution in [-0.2, 0) is 10.3 Å². The van der Waals surface area contributed by atoms with Crippen LogP contribution in [0.15, 0.2) is 66.9 Å². The number of pyridine rings is 1. The molecule has 2 atom stereocenters. The van der Waals surface area contributed by atoms with E-state index in [1.54, 1.807) is 29.3 Å². The Balaban J connectivity index is 1.50. The number of nitrogen functional groups attached to an aromatic ring is 1. The summed E-state index contributed by atoms with van der Waals surface area (Å²) in [6.45, 7) is 2.46. The fraction of sp³-hybridized carbons (Fsp3) is 0.308. The Labute approximate surface area is 192 Å². The number of halogens is 1. The SMILES string of the molecule is CC(c1ccc(-c2ccc(N)nc2)cc1)N1CCC(CCCO)(c2ccc(F)cc2)OC1=O. The van der Waals surface area contributed by atoms with Crippen LogP contribution in [-0.4, -0.2) is 34.2 Å². The van der Waals surface area contributed by atoms with E-state index in [1.807, 2.05) is 37.3 Å². The predicted molar refractivity (Wildman–Crippen MR) is 125 cm³/mol. The van der Waals surface area contributed by atoms with Crippen molar-refractivity contribution in [3.63, 3.8) is 0 Å². The van der Waals surface area contributed by atoms with E-state index in [-0.39, 0.29) is 18.5 Å². The number of cyclic esters (lactones) is 1. The molecule has 7 heteroatoms. The first-order valence-corrected chi connectivity index (χ1v) is 11.1. The van der Waals surface area contributed by atoms with Crippen molar-refractivity contribution >= 4 is 11.9 Å². The lowest BCUT2D eigenvalue weighted by Crippen LogP contribution is -2.48. The minimum atomic E-state index is -0.865. The minimum Gasteiger partial charge on any atom is -0.438 e. The molecule has 3 N–H and O–H groups in total. The van der Waals surface area contributed by atoms with Gasteiger partial charge in [-0.2, -0.15) is 0 Å². The van der Waals surface area contributed by atoms with Crippen molar-refractivity contribution in [1.29, 1.82) is 0 Å². The maximum absolute atomic E-state index is 13.5. The summed E-state index contributed by atoms with van der Waals surface area (Å²) < 4.78 is 19.4. The lowest BCUT2D eigenvalue weighted by atomic mass is 9.84. The van der Waals surface area contributed by atoms with Gasteiger partial charge in [0, 0.05) is 31.3 Å². The molecule has 1 amide bonds. The molecule has 0 bridgehead atoms. The molecule has 4 rings (SSSR count). The minimum absolute atomic E-state index is 0.00348. The highest BCUT2D eigenvalue weighted by Crippen LogP contribution is 2.40. The first-order valence-electron chi connectivity index (χ1n) is 11.1. The number of amides is 1. The summed E-state index contributed by atoms with van der Waals surface area (Å²) in [4.78, 5) is 18.9. The first-order chi connectivity index (χ1) is 15.9. The van der Waals surface area contributed by atoms with E-state index in [1.165, 1.54) is 12.1 Å². The summed E-state index contributed by atoms with van der Waals surface area (Å²) in [5, 5.41) is 9.35. The summed E-state index contributed by atoms with van der Waals surface area (Å²) in [6.07, 6.45) is 2.85. The van der Waals surface area contributed by atoms with Gasteiger partial charge < -0.3 is 20.5 Å². The van der Waals surface area contributed by atoms with E-state index in [9.17, 15) is 14.3 Å². The Morgan fingerprint density at radius 2 is 1.82 bits per heavy atom. The van der Waals surface area contributed by atoms with Gasteiger partial charge in [-0.1, -0.05) is 36.4 Å². The van der Waals surface area contributed by atoms with Crippen molar-refractivity contribution < 1.29 is 19.0 Å². The van der Waals surface area contributed by atoms with E-state index >= 15 is 0 Å². The smallest absolute Gasteiger partial charge is 0.411 e. The lowest BCUT2D eigenvalue weighted by molar-refractivity contribution is -0.0680. The molecular weight excluding hydrogens is 421 g/mol. The number of carbonyl (C=O) groups excluding carboxylic acids is 1. The summed E-state index contributed by atoms with van der Waals surface area (Å²) in [5.74, 6) is 0.134. The third-order valence-electron chi connectivity index (χ3n) is 6.36. The van der Waals surface area contributed by atoms with Crippen molar-refractivity contribution in [3.05, 3.63) is 83.8 Å². The monoisotopic (exact) mass is 449 g/mol. The van der Waals surface area contributed by atoms with E-state index in [4.69, 9.17) is 10.5 Å². The third-order valence-corrected chi connectivity index (χ3v) is 6.36. The second-order valence-corrected chi connectivity index (χ2v) is 8.41. The molecule has 1 aromatic heterocycles. The molecule has 1 aliphatic rings. The molecule has 3 aromatic rings. The molecule has 1 fully saturated rings. The number of rotatable bonds is 7. The average Bonchev–Trinajstić information content (AvgIpc) is 2.83. The van der Waals surface area contributed by atoms with Crippen LogP contribution in [0.2, 0.25) is 0 Å². The lowest BCUT2D eigenvalue weighted by Gasteiger charge is -2.43. The normalized spacial score (nSPS) is 19.2. The molecule has 0 aliphatic carbocycles. The van der Waals surface area contributed by atoms with Crippen molar-refractivity contribution in [1.82, 2.24) is 9.88 Å². The number of aromatic nitrogens is 1. The highest BCUT2D eigenvalue weighted by Gasteiger charge is 2.43. The molecule has 2 unspecified atom stereocenters. The summed E-state index contributed by atoms with van der Waals surface area (Å²) in [5.41, 5.74) is 8.52. The molecule has 2 heterocycles. The molecule has 1 aliphatic heterocycles. The molecular formula is C26H28FN3O3. The maximum atomic E-state index is 13.5. The second-order valence-electron chi connectivity index (χ2n) is 8.41. The van der Waals surface area contributed by atoms with Crippen LogP contribution in [0.1, 0.15) is 43.4 Å². The highest BCUT2D eigenvalue weighted by molar-refractivity contribution is 5.70. The number of anilines is 1. The molecule has 0 radical (unpaired) electrons. The van der Waals surface area contributed by atoms with E-state index in [2.05, 4.69) is 4.98 Å². The van der Waals surface area contributed by atoms with Crippen LogP contribution >= 0.6 is 0 Å². The molecule has 1 saturated heterocycles. The fourth-order valence-electron chi connectivity index (χ4n) is 4.37. The standard InChI is InChI=1S/C26H28FN3O3/c1-18(19-3-5-20(6-4-19)21-7-12-24(28)29-17-21)30-15-14-26(13-2-16-31,33-25(30)32)22-8-10-23(27)11-9-22/h3-12,17-18,31H,2,13-16H2,1H3,(H2,28,29). The van der Waals surface area contributed by atoms with Gasteiger partial charge in [0.15, 0.2) is 0 Å². The molecule has 172 valence electrons. The Morgan fingerprint density at radius 3 is 2.42 bits per heavy atom. The van der Waals surface area contributed by atoms with Crippen LogP contribution in [0.25, 0.3) is 11.1 Å². The highest BCUT2D eigenvalue weighted by atomic mass is 19.1. The van der Waals surface area contributed by atoms with Gasteiger partial charge in [0.25, 0.3) is 0 Å². The molecule has 2 aromatic carbocycles. The third kappa shape index (κ3) is 4.83. The summed E-state index contributed by atoms with van der Waals surface area (Å²) in [6, 6.07) is 17.6. The van der Waals surface area contributed by atoms with Crippen LogP contribution in [0, 0.1) is 5.82 Å². The van der Waals surface area contributed by atoms with E-state index < -0.39 is 11.7 Å². The number of hydrogen-bond donors (Lipinski definition) is 2. The number of hydrogen-bond acceptors (Lipinski definition) is 5. The number of nitrogens with zero attached hydrogens (tertiary/aromatic N) is 2. The Kier molecular flexibility index (Phi) is 6.60. The number of aliphatic hydroxyl groups is 1. The van der Waals surface area contributed by atoms with E-state index in [0.29, 0.717) is 31.6 Å². The van der Waals surface area contributed by atoms with Gasteiger partial charge in [-0.25, -0.2) is 14.2 Å². The first kappa shape index (κ1) is 22.7. The van der Waals surface area contributed by atoms with Crippen LogP contribution in [0.5, 0.6) is 0 Å². The van der Waals surface area contributed by atoms with Crippen molar-refractivity contribution in [2.45, 2.75) is 37.8 Å². The Hall–Kier alpha value is -3.45. The Morgan fingerprint density at radius 1 is 1.12 bits per heavy atom. The van der Waals surface area contributed by atoms with Gasteiger partial charge >= 0.3 is 6.09 Å². The van der Waals surface area contributed by atoms with Gasteiger partial charge in [0.2, 0.25) is 0 Å². The predicted octanol–water partition coefficient (Wildman–Crippen LogP) is 5.04. The average molecular weight is 450 g/mol. The number of nitrogens with two attached hydrogens (primary N) is 1. The van der Waals surface area contributed by atoms with Crippen molar-refractivity contribution in [2.24, 2.45) is 0 Å². The topological polar surface area (TPSA) is 88.7 Å². The zero-order valence-corrected chi connectivity index (χ0v) is 18.6. The number of benzene rings is 2. The van der Waals surface area contributed by atoms with Crippen molar-refractivity contribution in [3.8, 4) is 11.1 Å². The number of aliphatic hydroxyl groups excluding tert-OH is 1. The molecule has 0 spiro atoms. The number of carbonyl (C=O) groups is 1. The van der Waals surface area contributed by atoms with Gasteiger partial charge in [0.05, 0.1) is 6.04 Å². The van der Waals surface area contributed by atoms with Gasteiger partial charge in [-0.15, -0.1) is 0 Å². The summed E-state index contributed by atoms with van der Waals surface area (Å²) >= 11 is 0. The summed E-state index contributed by atoms with van der Waals surface area (Å²) in [7, 11) is 0. The number of ether oxygens (including phenoxy) is 1. The molecule has 0 saturated carbocycles. The quantitative estimate of drug-likeness (QED) is 0.527.